The average Bonchev–Trinajstić information content (AvgIpc) is 2.76. The van der Waals surface area contributed by atoms with Gasteiger partial charge in [-0.25, -0.2) is 9.78 Å². The molecule has 0 radical (unpaired) electrons. The van der Waals surface area contributed by atoms with Crippen LogP contribution >= 0.6 is 0 Å². The first-order valence-corrected chi connectivity index (χ1v) is 6.49. The number of amides is 1. The fourth-order valence-electron chi connectivity index (χ4n) is 2.12. The summed E-state index contributed by atoms with van der Waals surface area (Å²) in [6.45, 7) is 7.13. The highest BCUT2D eigenvalue weighted by Crippen LogP contribution is 2.18. The van der Waals surface area contributed by atoms with E-state index in [1.807, 2.05) is 13.8 Å². The van der Waals surface area contributed by atoms with Crippen LogP contribution in [-0.2, 0) is 4.74 Å². The molecule has 0 unspecified atom stereocenters. The van der Waals surface area contributed by atoms with Gasteiger partial charge in [0.25, 0.3) is 0 Å². The average molecular weight is 265 g/mol. The largest absolute Gasteiger partial charge is 0.472 e. The van der Waals surface area contributed by atoms with Crippen molar-refractivity contribution in [3.8, 4) is 5.88 Å². The lowest BCUT2D eigenvalue weighted by Gasteiger charge is -2.16. The van der Waals surface area contributed by atoms with E-state index >= 15 is 0 Å². The maximum absolute atomic E-state index is 11.6. The summed E-state index contributed by atoms with van der Waals surface area (Å²) in [6, 6.07) is 1.81. The second kappa shape index (κ2) is 5.86. The SMILES string of the molecule is CCOC(=O)N1CC[C@@H](Oc2cc(C)nc(C)n2)C1. The van der Waals surface area contributed by atoms with E-state index in [-0.39, 0.29) is 12.2 Å². The van der Waals surface area contributed by atoms with Crippen molar-refractivity contribution in [2.24, 2.45) is 0 Å². The minimum Gasteiger partial charge on any atom is -0.472 e. The van der Waals surface area contributed by atoms with Gasteiger partial charge >= 0.3 is 6.09 Å². The molecule has 0 aliphatic carbocycles. The number of rotatable bonds is 3. The van der Waals surface area contributed by atoms with Gasteiger partial charge in [0.15, 0.2) is 0 Å². The summed E-state index contributed by atoms with van der Waals surface area (Å²) < 4.78 is 10.8. The summed E-state index contributed by atoms with van der Waals surface area (Å²) in [5.41, 5.74) is 0.878. The molecule has 0 bridgehead atoms. The highest BCUT2D eigenvalue weighted by Gasteiger charge is 2.28. The van der Waals surface area contributed by atoms with Crippen LogP contribution in [0.1, 0.15) is 24.9 Å². The van der Waals surface area contributed by atoms with Crippen molar-refractivity contribution < 1.29 is 14.3 Å². The first kappa shape index (κ1) is 13.6. The van der Waals surface area contributed by atoms with Crippen LogP contribution in [0.4, 0.5) is 4.79 Å². The molecule has 6 nitrogen and oxygen atoms in total. The molecule has 0 spiro atoms. The molecule has 1 aromatic rings. The van der Waals surface area contributed by atoms with Crippen LogP contribution in [0, 0.1) is 13.8 Å². The molecule has 0 aromatic carbocycles. The van der Waals surface area contributed by atoms with Gasteiger partial charge in [-0.2, -0.15) is 4.98 Å². The van der Waals surface area contributed by atoms with E-state index in [2.05, 4.69) is 9.97 Å². The van der Waals surface area contributed by atoms with E-state index < -0.39 is 0 Å². The zero-order valence-electron chi connectivity index (χ0n) is 11.5. The van der Waals surface area contributed by atoms with Crippen LogP contribution in [0.25, 0.3) is 0 Å². The molecule has 1 atom stereocenters. The second-order valence-electron chi connectivity index (χ2n) is 4.57. The number of carbonyl (C=O) groups excluding carboxylic acids is 1. The number of aryl methyl sites for hydroxylation is 2. The van der Waals surface area contributed by atoms with Crippen molar-refractivity contribution in [3.63, 3.8) is 0 Å². The van der Waals surface area contributed by atoms with Crippen molar-refractivity contribution in [1.82, 2.24) is 14.9 Å². The van der Waals surface area contributed by atoms with Gasteiger partial charge in [-0.3, -0.25) is 0 Å². The molecule has 0 N–H and O–H groups in total. The Morgan fingerprint density at radius 3 is 2.95 bits per heavy atom. The lowest BCUT2D eigenvalue weighted by molar-refractivity contribution is 0.109. The Balaban J connectivity index is 1.93. The van der Waals surface area contributed by atoms with E-state index in [0.717, 1.165) is 12.1 Å². The number of likely N-dealkylation sites (tertiary alicyclic amines) is 1. The Morgan fingerprint density at radius 1 is 1.47 bits per heavy atom. The second-order valence-corrected chi connectivity index (χ2v) is 4.57. The fourth-order valence-corrected chi connectivity index (χ4v) is 2.12. The number of hydrogen-bond donors (Lipinski definition) is 0. The third-order valence-electron chi connectivity index (χ3n) is 2.90. The van der Waals surface area contributed by atoms with Gasteiger partial charge in [0.2, 0.25) is 5.88 Å². The maximum atomic E-state index is 11.6. The smallest absolute Gasteiger partial charge is 0.409 e. The lowest BCUT2D eigenvalue weighted by Crippen LogP contribution is -2.31. The van der Waals surface area contributed by atoms with Gasteiger partial charge in [0, 0.05) is 24.7 Å². The molecular weight excluding hydrogens is 246 g/mol. The highest BCUT2D eigenvalue weighted by atomic mass is 16.6. The summed E-state index contributed by atoms with van der Waals surface area (Å²) in [6.07, 6.45) is 0.489. The Hall–Kier alpha value is -1.85. The zero-order chi connectivity index (χ0) is 13.8. The molecule has 19 heavy (non-hydrogen) atoms. The van der Waals surface area contributed by atoms with Gasteiger partial charge in [-0.1, -0.05) is 0 Å². The molecule has 0 saturated carbocycles. The molecule has 1 aliphatic rings. The fraction of sp³-hybridized carbons (Fsp3) is 0.615. The third kappa shape index (κ3) is 3.56. The summed E-state index contributed by atoms with van der Waals surface area (Å²) in [5, 5.41) is 0. The Labute approximate surface area is 112 Å². The number of hydrogen-bond acceptors (Lipinski definition) is 5. The van der Waals surface area contributed by atoms with Gasteiger partial charge in [-0.05, 0) is 20.8 Å². The Kier molecular flexibility index (Phi) is 4.19. The van der Waals surface area contributed by atoms with Gasteiger partial charge in [0.05, 0.1) is 13.2 Å². The zero-order valence-corrected chi connectivity index (χ0v) is 11.5. The summed E-state index contributed by atoms with van der Waals surface area (Å²) in [5.74, 6) is 1.26. The molecule has 6 heteroatoms. The first-order chi connectivity index (χ1) is 9.08. The molecule has 2 heterocycles. The minimum absolute atomic E-state index is 0.0295. The van der Waals surface area contributed by atoms with Crippen LogP contribution < -0.4 is 4.74 Å². The summed E-state index contributed by atoms with van der Waals surface area (Å²) in [7, 11) is 0. The predicted octanol–water partition coefficient (Wildman–Crippen LogP) is 1.70. The summed E-state index contributed by atoms with van der Waals surface area (Å²) in [4.78, 5) is 21.7. The lowest BCUT2D eigenvalue weighted by atomic mass is 10.3. The Bertz CT molecular complexity index is 444. The van der Waals surface area contributed by atoms with Crippen LogP contribution in [0.5, 0.6) is 5.88 Å². The molecule has 2 rings (SSSR count). The van der Waals surface area contributed by atoms with E-state index in [4.69, 9.17) is 9.47 Å². The van der Waals surface area contributed by atoms with Crippen molar-refractivity contribution in [2.75, 3.05) is 19.7 Å². The topological polar surface area (TPSA) is 64.5 Å². The standard InChI is InChI=1S/C13H19N3O3/c1-4-18-13(17)16-6-5-11(8-16)19-12-7-9(2)14-10(3)15-12/h7,11H,4-6,8H2,1-3H3/t11-/m1/s1. The van der Waals surface area contributed by atoms with Crippen LogP contribution in [-0.4, -0.2) is 46.8 Å². The number of carbonyl (C=O) groups is 1. The number of nitrogens with zero attached hydrogens (tertiary/aromatic N) is 3. The van der Waals surface area contributed by atoms with Gasteiger partial charge in [0.1, 0.15) is 11.9 Å². The molecule has 104 valence electrons. The molecule has 1 saturated heterocycles. The van der Waals surface area contributed by atoms with Crippen molar-refractivity contribution in [2.45, 2.75) is 33.3 Å². The number of aromatic nitrogens is 2. The van der Waals surface area contributed by atoms with Gasteiger partial charge < -0.3 is 14.4 Å². The molecular formula is C13H19N3O3. The first-order valence-electron chi connectivity index (χ1n) is 6.49. The maximum Gasteiger partial charge on any atom is 0.409 e. The van der Waals surface area contributed by atoms with Gasteiger partial charge in [-0.15, -0.1) is 0 Å². The Morgan fingerprint density at radius 2 is 2.26 bits per heavy atom. The third-order valence-corrected chi connectivity index (χ3v) is 2.90. The van der Waals surface area contributed by atoms with Crippen LogP contribution in [0.15, 0.2) is 6.07 Å². The number of ether oxygens (including phenoxy) is 2. The van der Waals surface area contributed by atoms with E-state index in [1.165, 1.54) is 0 Å². The van der Waals surface area contributed by atoms with Crippen LogP contribution in [0.3, 0.4) is 0 Å². The minimum atomic E-state index is -0.274. The normalized spacial score (nSPS) is 18.5. The van der Waals surface area contributed by atoms with E-state index in [0.29, 0.717) is 31.4 Å². The highest BCUT2D eigenvalue weighted by molar-refractivity contribution is 5.67. The molecule has 1 amide bonds. The quantitative estimate of drug-likeness (QED) is 0.832. The van der Waals surface area contributed by atoms with Crippen molar-refractivity contribution >= 4 is 6.09 Å². The molecule has 1 aromatic heterocycles. The molecule has 1 fully saturated rings. The predicted molar refractivity (Wildman–Crippen MR) is 69.1 cm³/mol. The van der Waals surface area contributed by atoms with Crippen molar-refractivity contribution in [3.05, 3.63) is 17.6 Å². The monoisotopic (exact) mass is 265 g/mol. The van der Waals surface area contributed by atoms with Crippen LogP contribution in [0.2, 0.25) is 0 Å². The van der Waals surface area contributed by atoms with Crippen molar-refractivity contribution in [1.29, 1.82) is 0 Å². The molecule has 1 aliphatic heterocycles. The van der Waals surface area contributed by atoms with E-state index in [1.54, 1.807) is 17.9 Å². The summed E-state index contributed by atoms with van der Waals surface area (Å²) >= 11 is 0. The van der Waals surface area contributed by atoms with E-state index in [9.17, 15) is 4.79 Å².